The van der Waals surface area contributed by atoms with Gasteiger partial charge in [0, 0.05) is 0 Å². The molecule has 0 aromatic heterocycles. The molecule has 0 aliphatic rings. The first-order chi connectivity index (χ1) is 24.2. The molecule has 7 nitrogen and oxygen atoms in total. The zero-order valence-electron chi connectivity index (χ0n) is 32.6. The fraction of sp³-hybridized carbons (Fsp3) is 0.881. The summed E-state index contributed by atoms with van der Waals surface area (Å²) < 4.78 is 32.5. The van der Waals surface area contributed by atoms with Crippen molar-refractivity contribution < 1.29 is 28.0 Å². The molecule has 0 saturated heterocycles. The normalized spacial score (nSPS) is 14.1. The highest BCUT2D eigenvalue weighted by Gasteiger charge is 2.27. The summed E-state index contributed by atoms with van der Waals surface area (Å²) in [6, 6.07) is -1.24. The van der Waals surface area contributed by atoms with Crippen molar-refractivity contribution >= 4 is 16.0 Å². The lowest BCUT2D eigenvalue weighted by Crippen LogP contribution is -2.50. The van der Waals surface area contributed by atoms with E-state index in [1.807, 2.05) is 0 Å². The third-order valence-electron chi connectivity index (χ3n) is 9.74. The van der Waals surface area contributed by atoms with Crippen LogP contribution < -0.4 is 5.32 Å². The molecule has 3 unspecified atom stereocenters. The van der Waals surface area contributed by atoms with Gasteiger partial charge in [0.15, 0.2) is 0 Å². The number of carbonyl (C=O) groups is 1. The van der Waals surface area contributed by atoms with Crippen LogP contribution in [0, 0.1) is 0 Å². The molecule has 3 atom stereocenters. The Hall–Kier alpha value is -1.22. The summed E-state index contributed by atoms with van der Waals surface area (Å²) in [4.78, 5) is 12.6. The number of nitrogens with one attached hydrogen (secondary N) is 1. The summed E-state index contributed by atoms with van der Waals surface area (Å²) in [7, 11) is -4.45. The van der Waals surface area contributed by atoms with Crippen LogP contribution in [0.5, 0.6) is 0 Å². The summed E-state index contributed by atoms with van der Waals surface area (Å²) in [5, 5.41) is 23.4. The van der Waals surface area contributed by atoms with Crippen molar-refractivity contribution in [2.24, 2.45) is 0 Å². The van der Waals surface area contributed by atoms with Crippen molar-refractivity contribution in [3.63, 3.8) is 0 Å². The van der Waals surface area contributed by atoms with E-state index >= 15 is 0 Å². The van der Waals surface area contributed by atoms with E-state index in [2.05, 4.69) is 31.3 Å². The quantitative estimate of drug-likeness (QED) is 0.0285. The van der Waals surface area contributed by atoms with E-state index in [0.29, 0.717) is 12.8 Å². The molecule has 0 radical (unpaired) electrons. The fourth-order valence-electron chi connectivity index (χ4n) is 6.47. The lowest BCUT2D eigenvalue weighted by molar-refractivity contribution is -0.130. The molecule has 0 fully saturated rings. The molecular formula is C42H81NO6S. The van der Waals surface area contributed by atoms with Crippen LogP contribution in [0.25, 0.3) is 0 Å². The second-order valence-corrected chi connectivity index (χ2v) is 16.3. The van der Waals surface area contributed by atoms with Crippen molar-refractivity contribution in [3.8, 4) is 0 Å². The van der Waals surface area contributed by atoms with E-state index in [9.17, 15) is 28.0 Å². The van der Waals surface area contributed by atoms with Gasteiger partial charge in [0.1, 0.15) is 6.10 Å². The standard InChI is InChI=1S/C42H81NO6S/c1-3-5-7-9-11-13-15-17-19-21-23-24-26-28-30-32-34-36-40(44)39(38-50(47,48)49)43-42(46)41(45)37-35-33-31-29-27-25-22-20-18-16-14-12-10-8-6-4-2/h26,28,34,36,39-41,44-45H,3-25,27,29-33,35,37-38H2,1-2H3,(H,43,46)(H,47,48,49)/b28-26+,36-34+. The molecule has 50 heavy (non-hydrogen) atoms. The van der Waals surface area contributed by atoms with Crippen LogP contribution in [0.4, 0.5) is 0 Å². The average molecular weight is 728 g/mol. The Kier molecular flexibility index (Phi) is 35.3. The Balaban J connectivity index is 4.05. The van der Waals surface area contributed by atoms with Gasteiger partial charge in [0.05, 0.1) is 17.9 Å². The Bertz CT molecular complexity index is 906. The maximum atomic E-state index is 12.6. The van der Waals surface area contributed by atoms with Gasteiger partial charge in [-0.15, -0.1) is 0 Å². The van der Waals surface area contributed by atoms with E-state index in [0.717, 1.165) is 32.1 Å². The van der Waals surface area contributed by atoms with Crippen LogP contribution in [-0.4, -0.2) is 53.1 Å². The van der Waals surface area contributed by atoms with E-state index < -0.39 is 40.0 Å². The number of aliphatic hydroxyl groups excluding tert-OH is 2. The summed E-state index contributed by atoms with van der Waals surface area (Å²) >= 11 is 0. The van der Waals surface area contributed by atoms with Crippen LogP contribution in [-0.2, 0) is 14.9 Å². The molecule has 296 valence electrons. The number of hydrogen-bond donors (Lipinski definition) is 4. The Morgan fingerprint density at radius 1 is 0.540 bits per heavy atom. The Morgan fingerprint density at radius 3 is 1.32 bits per heavy atom. The van der Waals surface area contributed by atoms with E-state index in [-0.39, 0.29) is 6.42 Å². The minimum absolute atomic E-state index is 0.278. The van der Waals surface area contributed by atoms with Crippen molar-refractivity contribution in [2.45, 2.75) is 231 Å². The zero-order chi connectivity index (χ0) is 37.0. The van der Waals surface area contributed by atoms with Crippen molar-refractivity contribution in [2.75, 3.05) is 5.75 Å². The minimum atomic E-state index is -4.45. The number of unbranched alkanes of at least 4 members (excludes halogenated alkanes) is 27. The number of rotatable bonds is 38. The molecule has 0 bridgehead atoms. The van der Waals surface area contributed by atoms with Gasteiger partial charge in [-0.1, -0.05) is 205 Å². The average Bonchev–Trinajstić information content (AvgIpc) is 3.08. The molecule has 4 N–H and O–H groups in total. The highest BCUT2D eigenvalue weighted by atomic mass is 32.2. The maximum Gasteiger partial charge on any atom is 0.267 e. The lowest BCUT2D eigenvalue weighted by Gasteiger charge is -2.22. The van der Waals surface area contributed by atoms with E-state index in [1.165, 1.54) is 154 Å². The fourth-order valence-corrected chi connectivity index (χ4v) is 7.21. The van der Waals surface area contributed by atoms with Crippen molar-refractivity contribution in [1.29, 1.82) is 0 Å². The topological polar surface area (TPSA) is 124 Å². The molecule has 0 rings (SSSR count). The monoisotopic (exact) mass is 728 g/mol. The van der Waals surface area contributed by atoms with Gasteiger partial charge < -0.3 is 15.5 Å². The highest BCUT2D eigenvalue weighted by Crippen LogP contribution is 2.15. The first-order valence-electron chi connectivity index (χ1n) is 21.1. The van der Waals surface area contributed by atoms with Crippen LogP contribution in [0.1, 0.15) is 213 Å². The Morgan fingerprint density at radius 2 is 0.900 bits per heavy atom. The highest BCUT2D eigenvalue weighted by molar-refractivity contribution is 7.85. The van der Waals surface area contributed by atoms with E-state index in [1.54, 1.807) is 6.08 Å². The smallest absolute Gasteiger partial charge is 0.267 e. The molecule has 0 heterocycles. The van der Waals surface area contributed by atoms with Crippen LogP contribution in [0.15, 0.2) is 24.3 Å². The van der Waals surface area contributed by atoms with Gasteiger partial charge in [-0.2, -0.15) is 8.42 Å². The molecule has 0 aliphatic heterocycles. The maximum absolute atomic E-state index is 12.6. The zero-order valence-corrected chi connectivity index (χ0v) is 33.5. The second kappa shape index (κ2) is 36.2. The van der Waals surface area contributed by atoms with Crippen LogP contribution in [0.3, 0.4) is 0 Å². The van der Waals surface area contributed by atoms with Gasteiger partial charge >= 0.3 is 0 Å². The SMILES string of the molecule is CCCCCCCCCCCCC/C=C/CC/C=C/C(O)C(CS(=O)(=O)O)NC(=O)C(O)CCCCCCCCCCCCCCCCCC. The van der Waals surface area contributed by atoms with E-state index in [4.69, 9.17) is 0 Å². The summed E-state index contributed by atoms with van der Waals surface area (Å²) in [6.07, 6.45) is 42.3. The number of allylic oxidation sites excluding steroid dienone is 3. The lowest BCUT2D eigenvalue weighted by atomic mass is 10.0. The molecule has 0 aromatic carbocycles. The van der Waals surface area contributed by atoms with Gasteiger partial charge in [-0.25, -0.2) is 0 Å². The first-order valence-corrected chi connectivity index (χ1v) is 22.8. The first kappa shape index (κ1) is 48.8. The summed E-state index contributed by atoms with van der Waals surface area (Å²) in [5.41, 5.74) is 0. The molecular weight excluding hydrogens is 647 g/mol. The van der Waals surface area contributed by atoms with Gasteiger partial charge in [0.2, 0.25) is 5.91 Å². The summed E-state index contributed by atoms with van der Waals surface area (Å²) in [6.45, 7) is 4.51. The van der Waals surface area contributed by atoms with Crippen molar-refractivity contribution in [3.05, 3.63) is 24.3 Å². The number of aliphatic hydroxyl groups is 2. The molecule has 8 heteroatoms. The molecule has 1 amide bonds. The molecule has 0 spiro atoms. The van der Waals surface area contributed by atoms with Crippen LogP contribution in [0.2, 0.25) is 0 Å². The van der Waals surface area contributed by atoms with Crippen LogP contribution >= 0.6 is 0 Å². The molecule has 0 aliphatic carbocycles. The molecule has 0 saturated carbocycles. The number of carbonyl (C=O) groups excluding carboxylic acids is 1. The predicted molar refractivity (Wildman–Crippen MR) is 213 cm³/mol. The number of hydrogen-bond acceptors (Lipinski definition) is 5. The van der Waals surface area contributed by atoms with Gasteiger partial charge in [-0.3, -0.25) is 9.35 Å². The van der Waals surface area contributed by atoms with Gasteiger partial charge in [0.25, 0.3) is 10.1 Å². The van der Waals surface area contributed by atoms with Crippen molar-refractivity contribution in [1.82, 2.24) is 5.32 Å². The summed E-state index contributed by atoms with van der Waals surface area (Å²) in [5.74, 6) is -1.55. The minimum Gasteiger partial charge on any atom is -0.387 e. The largest absolute Gasteiger partial charge is 0.387 e. The van der Waals surface area contributed by atoms with Gasteiger partial charge in [-0.05, 0) is 32.1 Å². The third kappa shape index (κ3) is 35.2. The predicted octanol–water partition coefficient (Wildman–Crippen LogP) is 11.3. The number of amides is 1. The Labute approximate surface area is 309 Å². The molecule has 0 aromatic rings. The second-order valence-electron chi connectivity index (χ2n) is 14.8. The third-order valence-corrected chi connectivity index (χ3v) is 10.5.